The van der Waals surface area contributed by atoms with Crippen molar-refractivity contribution in [3.8, 4) is 11.3 Å². The van der Waals surface area contributed by atoms with Gasteiger partial charge < -0.3 is 13.8 Å². The molecule has 0 saturated carbocycles. The molecule has 0 aliphatic heterocycles. The number of amides is 1. The zero-order chi connectivity index (χ0) is 17.1. The highest BCUT2D eigenvalue weighted by molar-refractivity contribution is 5.91. The van der Waals surface area contributed by atoms with Gasteiger partial charge in [0, 0.05) is 43.2 Å². The summed E-state index contributed by atoms with van der Waals surface area (Å²) in [5.74, 6) is 0.488. The van der Waals surface area contributed by atoms with Crippen LogP contribution in [0.1, 0.15) is 22.1 Å². The highest BCUT2D eigenvalue weighted by atomic mass is 16.5. The zero-order valence-corrected chi connectivity index (χ0v) is 13.2. The van der Waals surface area contributed by atoms with Crippen LogP contribution in [0.3, 0.4) is 0 Å². The molecule has 0 bridgehead atoms. The van der Waals surface area contributed by atoms with E-state index in [1.807, 2.05) is 6.07 Å². The third-order valence-corrected chi connectivity index (χ3v) is 3.36. The minimum absolute atomic E-state index is 0.00509. The summed E-state index contributed by atoms with van der Waals surface area (Å²) in [4.78, 5) is 29.3. The summed E-state index contributed by atoms with van der Waals surface area (Å²) >= 11 is 0. The molecule has 3 heterocycles. The van der Waals surface area contributed by atoms with Crippen LogP contribution in [-0.4, -0.2) is 28.0 Å². The maximum atomic E-state index is 12.4. The molecule has 0 aliphatic carbocycles. The van der Waals surface area contributed by atoms with Gasteiger partial charge in [0.2, 0.25) is 0 Å². The van der Waals surface area contributed by atoms with E-state index in [1.54, 1.807) is 38.5 Å². The predicted molar refractivity (Wildman–Crippen MR) is 85.2 cm³/mol. The van der Waals surface area contributed by atoms with E-state index < -0.39 is 5.91 Å². The van der Waals surface area contributed by atoms with E-state index in [2.05, 4.69) is 10.1 Å². The smallest absolute Gasteiger partial charge is 0.289 e. The monoisotopic (exact) mass is 325 g/mol. The molecule has 3 aromatic rings. The number of pyridine rings is 1. The number of aryl methyl sites for hydroxylation is 1. The van der Waals surface area contributed by atoms with Gasteiger partial charge in [-0.15, -0.1) is 0 Å². The molecule has 1 amide bonds. The average Bonchev–Trinajstić information content (AvgIpc) is 3.02. The number of hydrogen-bond acceptors (Lipinski definition) is 6. The molecular formula is C17H15N3O4. The summed E-state index contributed by atoms with van der Waals surface area (Å²) < 4.78 is 10.6. The Labute approximate surface area is 137 Å². The van der Waals surface area contributed by atoms with Gasteiger partial charge >= 0.3 is 0 Å². The van der Waals surface area contributed by atoms with E-state index in [0.717, 1.165) is 5.56 Å². The first-order valence-electron chi connectivity index (χ1n) is 7.26. The second-order valence-corrected chi connectivity index (χ2v) is 5.35. The first-order chi connectivity index (χ1) is 11.5. The van der Waals surface area contributed by atoms with E-state index in [0.29, 0.717) is 17.2 Å². The van der Waals surface area contributed by atoms with Gasteiger partial charge in [0.05, 0.1) is 6.54 Å². The van der Waals surface area contributed by atoms with Crippen LogP contribution in [-0.2, 0) is 6.54 Å². The van der Waals surface area contributed by atoms with Crippen molar-refractivity contribution < 1.29 is 13.7 Å². The summed E-state index contributed by atoms with van der Waals surface area (Å²) in [7, 11) is 1.59. The molecule has 7 nitrogen and oxygen atoms in total. The van der Waals surface area contributed by atoms with Crippen molar-refractivity contribution in [2.24, 2.45) is 0 Å². The highest BCUT2D eigenvalue weighted by Crippen LogP contribution is 2.18. The van der Waals surface area contributed by atoms with Gasteiger partial charge in [-0.05, 0) is 19.1 Å². The summed E-state index contributed by atoms with van der Waals surface area (Å²) in [6.07, 6.45) is 3.35. The van der Waals surface area contributed by atoms with E-state index in [4.69, 9.17) is 8.94 Å². The predicted octanol–water partition coefficient (Wildman–Crippen LogP) is 2.27. The molecule has 3 rings (SSSR count). The van der Waals surface area contributed by atoms with Crippen molar-refractivity contribution in [2.45, 2.75) is 13.5 Å². The number of carbonyl (C=O) groups is 1. The third kappa shape index (κ3) is 3.40. The first-order valence-corrected chi connectivity index (χ1v) is 7.26. The molecule has 0 radical (unpaired) electrons. The second-order valence-electron chi connectivity index (χ2n) is 5.35. The lowest BCUT2D eigenvalue weighted by Gasteiger charge is -2.14. The molecule has 0 aliphatic rings. The number of nitrogens with zero attached hydrogens (tertiary/aromatic N) is 3. The average molecular weight is 325 g/mol. The van der Waals surface area contributed by atoms with Crippen molar-refractivity contribution in [2.75, 3.05) is 7.05 Å². The molecule has 0 saturated heterocycles. The fourth-order valence-corrected chi connectivity index (χ4v) is 2.24. The molecule has 0 aromatic carbocycles. The number of hydrogen-bond donors (Lipinski definition) is 0. The normalized spacial score (nSPS) is 10.6. The van der Waals surface area contributed by atoms with Gasteiger partial charge in [0.25, 0.3) is 5.91 Å². The van der Waals surface area contributed by atoms with E-state index >= 15 is 0 Å². The van der Waals surface area contributed by atoms with Crippen LogP contribution in [0.15, 0.2) is 56.5 Å². The fraction of sp³-hybridized carbons (Fsp3) is 0.176. The van der Waals surface area contributed by atoms with E-state index in [1.165, 1.54) is 17.0 Å². The molecule has 3 aromatic heterocycles. The Bertz CT molecular complexity index is 915. The van der Waals surface area contributed by atoms with Crippen LogP contribution >= 0.6 is 0 Å². The number of aromatic nitrogens is 2. The lowest BCUT2D eigenvalue weighted by Crippen LogP contribution is -2.26. The maximum absolute atomic E-state index is 12.4. The highest BCUT2D eigenvalue weighted by Gasteiger charge is 2.18. The van der Waals surface area contributed by atoms with Crippen LogP contribution < -0.4 is 5.43 Å². The van der Waals surface area contributed by atoms with Gasteiger partial charge in [-0.1, -0.05) is 5.16 Å². The first kappa shape index (κ1) is 15.7. The molecule has 122 valence electrons. The van der Waals surface area contributed by atoms with Gasteiger partial charge in [0.15, 0.2) is 16.9 Å². The van der Waals surface area contributed by atoms with Crippen molar-refractivity contribution in [3.63, 3.8) is 0 Å². The van der Waals surface area contributed by atoms with Crippen LogP contribution in [0, 0.1) is 6.92 Å². The lowest BCUT2D eigenvalue weighted by molar-refractivity contribution is 0.0736. The summed E-state index contributed by atoms with van der Waals surface area (Å²) in [5, 5.41) is 3.97. The van der Waals surface area contributed by atoms with Crippen molar-refractivity contribution >= 4 is 5.91 Å². The van der Waals surface area contributed by atoms with Gasteiger partial charge in [-0.2, -0.15) is 0 Å². The standard InChI is InChI=1S/C17H15N3O4/c1-11-6-13(21)7-16(23-11)17(22)20(2)10-14-8-15(19-24-14)12-4-3-5-18-9-12/h3-9H,10H2,1-2H3. The molecule has 0 spiro atoms. The molecular weight excluding hydrogens is 310 g/mol. The van der Waals surface area contributed by atoms with E-state index in [-0.39, 0.29) is 17.7 Å². The molecule has 7 heteroatoms. The second kappa shape index (κ2) is 6.49. The minimum atomic E-state index is -0.407. The lowest BCUT2D eigenvalue weighted by atomic mass is 10.2. The van der Waals surface area contributed by atoms with E-state index in [9.17, 15) is 9.59 Å². The van der Waals surface area contributed by atoms with Crippen molar-refractivity contribution in [3.05, 3.63) is 70.2 Å². The van der Waals surface area contributed by atoms with Crippen LogP contribution in [0.25, 0.3) is 11.3 Å². The zero-order valence-electron chi connectivity index (χ0n) is 13.2. The Morgan fingerprint density at radius 2 is 2.12 bits per heavy atom. The van der Waals surface area contributed by atoms with Crippen molar-refractivity contribution in [1.29, 1.82) is 0 Å². The Morgan fingerprint density at radius 1 is 1.29 bits per heavy atom. The number of rotatable bonds is 4. The van der Waals surface area contributed by atoms with Gasteiger partial charge in [0.1, 0.15) is 11.5 Å². The Morgan fingerprint density at radius 3 is 2.83 bits per heavy atom. The molecule has 0 unspecified atom stereocenters. The van der Waals surface area contributed by atoms with Crippen molar-refractivity contribution in [1.82, 2.24) is 15.0 Å². The van der Waals surface area contributed by atoms with Crippen LogP contribution in [0.5, 0.6) is 0 Å². The largest absolute Gasteiger partial charge is 0.456 e. The summed E-state index contributed by atoms with van der Waals surface area (Å²) in [6.45, 7) is 1.82. The van der Waals surface area contributed by atoms with Gasteiger partial charge in [-0.3, -0.25) is 14.6 Å². The van der Waals surface area contributed by atoms with Crippen LogP contribution in [0.4, 0.5) is 0 Å². The molecule has 0 fully saturated rings. The Kier molecular flexibility index (Phi) is 4.24. The summed E-state index contributed by atoms with van der Waals surface area (Å²) in [5.41, 5.74) is 1.20. The SMILES string of the molecule is Cc1cc(=O)cc(C(=O)N(C)Cc2cc(-c3cccnc3)no2)o1. The Hall–Kier alpha value is -3.22. The third-order valence-electron chi connectivity index (χ3n) is 3.36. The fourth-order valence-electron chi connectivity index (χ4n) is 2.24. The number of carbonyl (C=O) groups excluding carboxylic acids is 1. The quantitative estimate of drug-likeness (QED) is 0.731. The van der Waals surface area contributed by atoms with Gasteiger partial charge in [-0.25, -0.2) is 0 Å². The topological polar surface area (TPSA) is 89.4 Å². The summed E-state index contributed by atoms with van der Waals surface area (Å²) in [6, 6.07) is 7.91. The van der Waals surface area contributed by atoms with Crippen LogP contribution in [0.2, 0.25) is 0 Å². The minimum Gasteiger partial charge on any atom is -0.456 e. The molecule has 24 heavy (non-hydrogen) atoms. The molecule has 0 N–H and O–H groups in total. The molecule has 0 atom stereocenters. The Balaban J connectivity index is 1.75. The maximum Gasteiger partial charge on any atom is 0.289 e.